The lowest BCUT2D eigenvalue weighted by Gasteiger charge is -2.38. The summed E-state index contributed by atoms with van der Waals surface area (Å²) in [6, 6.07) is 9.29. The van der Waals surface area contributed by atoms with E-state index in [9.17, 15) is 4.79 Å². The number of likely N-dealkylation sites (tertiary alicyclic amines) is 1. The van der Waals surface area contributed by atoms with Crippen molar-refractivity contribution in [1.29, 1.82) is 0 Å². The summed E-state index contributed by atoms with van der Waals surface area (Å²) < 4.78 is 5.65. The number of hydrogen-bond acceptors (Lipinski definition) is 4. The van der Waals surface area contributed by atoms with E-state index in [0.717, 1.165) is 4.88 Å². The molecule has 1 amide bonds. The molecule has 3 rings (SSSR count). The number of carbonyl (C=O) groups is 1. The zero-order valence-electron chi connectivity index (χ0n) is 9.65. The molecule has 0 spiro atoms. The maximum atomic E-state index is 12.0. The normalized spacial score (nSPS) is 15.2. The van der Waals surface area contributed by atoms with Crippen LogP contribution in [0, 0.1) is 0 Å². The molecule has 0 bridgehead atoms. The van der Waals surface area contributed by atoms with Crippen LogP contribution in [0.15, 0.2) is 41.9 Å². The number of aromatic nitrogens is 1. The standard InChI is InChI=1S/C13H12N2O2S/c16-13(11-4-3-7-18-11)15-8-10(9-15)17-12-5-1-2-6-14-12/h1-7,10H,8-9H2. The molecular weight excluding hydrogens is 248 g/mol. The Labute approximate surface area is 109 Å². The van der Waals surface area contributed by atoms with Crippen LogP contribution in [0.1, 0.15) is 9.67 Å². The first kappa shape index (κ1) is 11.2. The van der Waals surface area contributed by atoms with E-state index in [0.29, 0.717) is 19.0 Å². The molecule has 1 aliphatic rings. The van der Waals surface area contributed by atoms with Crippen LogP contribution in [0.2, 0.25) is 0 Å². The molecule has 2 aromatic rings. The molecule has 18 heavy (non-hydrogen) atoms. The molecule has 2 aromatic heterocycles. The van der Waals surface area contributed by atoms with E-state index in [1.165, 1.54) is 11.3 Å². The lowest BCUT2D eigenvalue weighted by Crippen LogP contribution is -2.56. The molecule has 0 N–H and O–H groups in total. The Balaban J connectivity index is 1.53. The van der Waals surface area contributed by atoms with E-state index in [4.69, 9.17) is 4.74 Å². The molecule has 0 unspecified atom stereocenters. The van der Waals surface area contributed by atoms with Gasteiger partial charge in [-0.3, -0.25) is 4.79 Å². The van der Waals surface area contributed by atoms with Gasteiger partial charge in [-0.1, -0.05) is 12.1 Å². The van der Waals surface area contributed by atoms with E-state index in [1.807, 2.05) is 35.7 Å². The fourth-order valence-corrected chi connectivity index (χ4v) is 2.51. The van der Waals surface area contributed by atoms with Gasteiger partial charge in [0, 0.05) is 12.3 Å². The smallest absolute Gasteiger partial charge is 0.264 e. The van der Waals surface area contributed by atoms with Gasteiger partial charge in [0.05, 0.1) is 18.0 Å². The number of rotatable bonds is 3. The second-order valence-electron chi connectivity index (χ2n) is 4.10. The van der Waals surface area contributed by atoms with Gasteiger partial charge in [-0.15, -0.1) is 11.3 Å². The number of nitrogens with zero attached hydrogens (tertiary/aromatic N) is 2. The first-order valence-corrected chi connectivity index (χ1v) is 6.61. The quantitative estimate of drug-likeness (QED) is 0.848. The minimum absolute atomic E-state index is 0.0591. The molecule has 0 atom stereocenters. The Morgan fingerprint density at radius 2 is 2.22 bits per heavy atom. The van der Waals surface area contributed by atoms with E-state index in [2.05, 4.69) is 4.98 Å². The van der Waals surface area contributed by atoms with Crippen molar-refractivity contribution in [3.63, 3.8) is 0 Å². The van der Waals surface area contributed by atoms with Gasteiger partial charge in [-0.05, 0) is 17.5 Å². The molecule has 1 saturated heterocycles. The van der Waals surface area contributed by atoms with Crippen LogP contribution in [-0.4, -0.2) is 35.0 Å². The highest BCUT2D eigenvalue weighted by Gasteiger charge is 2.33. The maximum absolute atomic E-state index is 12.0. The van der Waals surface area contributed by atoms with Crippen molar-refractivity contribution in [2.24, 2.45) is 0 Å². The van der Waals surface area contributed by atoms with E-state index < -0.39 is 0 Å². The van der Waals surface area contributed by atoms with Gasteiger partial charge in [0.2, 0.25) is 5.88 Å². The van der Waals surface area contributed by atoms with Gasteiger partial charge in [0.15, 0.2) is 0 Å². The number of thiophene rings is 1. The summed E-state index contributed by atoms with van der Waals surface area (Å²) in [4.78, 5) is 18.6. The van der Waals surface area contributed by atoms with Crippen molar-refractivity contribution in [2.75, 3.05) is 13.1 Å². The first-order chi connectivity index (χ1) is 8.83. The monoisotopic (exact) mass is 260 g/mol. The highest BCUT2D eigenvalue weighted by Crippen LogP contribution is 2.20. The van der Waals surface area contributed by atoms with E-state index in [1.54, 1.807) is 11.1 Å². The summed E-state index contributed by atoms with van der Waals surface area (Å²) in [6.07, 6.45) is 1.76. The molecule has 3 heterocycles. The molecule has 0 saturated carbocycles. The van der Waals surface area contributed by atoms with Crippen LogP contribution in [-0.2, 0) is 0 Å². The number of carbonyl (C=O) groups excluding carboxylic acids is 1. The maximum Gasteiger partial charge on any atom is 0.264 e. The molecule has 4 nitrogen and oxygen atoms in total. The highest BCUT2D eigenvalue weighted by atomic mass is 32.1. The third-order valence-electron chi connectivity index (χ3n) is 2.79. The van der Waals surface area contributed by atoms with E-state index >= 15 is 0 Å². The summed E-state index contributed by atoms with van der Waals surface area (Å²) in [5.74, 6) is 0.705. The Morgan fingerprint density at radius 3 is 2.89 bits per heavy atom. The number of amides is 1. The van der Waals surface area contributed by atoms with Crippen LogP contribution in [0.4, 0.5) is 0 Å². The van der Waals surface area contributed by atoms with Gasteiger partial charge in [0.1, 0.15) is 6.10 Å². The van der Waals surface area contributed by atoms with Crippen LogP contribution in [0.25, 0.3) is 0 Å². The lowest BCUT2D eigenvalue weighted by molar-refractivity contribution is 0.0164. The van der Waals surface area contributed by atoms with Crippen molar-refractivity contribution in [2.45, 2.75) is 6.10 Å². The molecule has 1 fully saturated rings. The van der Waals surface area contributed by atoms with Gasteiger partial charge in [-0.25, -0.2) is 4.98 Å². The predicted octanol–water partition coefficient (Wildman–Crippen LogP) is 2.05. The van der Waals surface area contributed by atoms with Crippen molar-refractivity contribution in [3.8, 4) is 5.88 Å². The molecule has 5 heteroatoms. The van der Waals surface area contributed by atoms with Crippen molar-refractivity contribution in [3.05, 3.63) is 46.8 Å². The average Bonchev–Trinajstić information content (AvgIpc) is 2.87. The van der Waals surface area contributed by atoms with E-state index in [-0.39, 0.29) is 12.0 Å². The second kappa shape index (κ2) is 4.78. The van der Waals surface area contributed by atoms with Crippen LogP contribution < -0.4 is 4.74 Å². The summed E-state index contributed by atoms with van der Waals surface area (Å²) in [7, 11) is 0. The zero-order chi connectivity index (χ0) is 12.4. The van der Waals surface area contributed by atoms with Crippen LogP contribution >= 0.6 is 11.3 Å². The first-order valence-electron chi connectivity index (χ1n) is 5.73. The Kier molecular flexibility index (Phi) is 2.98. The fraction of sp³-hybridized carbons (Fsp3) is 0.231. The second-order valence-corrected chi connectivity index (χ2v) is 5.04. The Morgan fingerprint density at radius 1 is 1.33 bits per heavy atom. The summed E-state index contributed by atoms with van der Waals surface area (Å²) >= 11 is 1.47. The van der Waals surface area contributed by atoms with Gasteiger partial charge in [-0.2, -0.15) is 0 Å². The third-order valence-corrected chi connectivity index (χ3v) is 3.65. The van der Waals surface area contributed by atoms with Gasteiger partial charge >= 0.3 is 0 Å². The summed E-state index contributed by atoms with van der Waals surface area (Å²) in [5, 5.41) is 1.91. The van der Waals surface area contributed by atoms with Crippen molar-refractivity contribution < 1.29 is 9.53 Å². The molecule has 0 aromatic carbocycles. The minimum Gasteiger partial charge on any atom is -0.471 e. The zero-order valence-corrected chi connectivity index (χ0v) is 10.5. The van der Waals surface area contributed by atoms with Crippen molar-refractivity contribution >= 4 is 17.2 Å². The van der Waals surface area contributed by atoms with Gasteiger partial charge in [0.25, 0.3) is 5.91 Å². The van der Waals surface area contributed by atoms with Gasteiger partial charge < -0.3 is 9.64 Å². The number of hydrogen-bond donors (Lipinski definition) is 0. The minimum atomic E-state index is 0.0591. The van der Waals surface area contributed by atoms with Crippen molar-refractivity contribution in [1.82, 2.24) is 9.88 Å². The predicted molar refractivity (Wildman–Crippen MR) is 68.9 cm³/mol. The SMILES string of the molecule is O=C(c1cccs1)N1CC(Oc2ccccn2)C1. The largest absolute Gasteiger partial charge is 0.471 e. The third kappa shape index (κ3) is 2.22. The summed E-state index contributed by atoms with van der Waals surface area (Å²) in [5.41, 5.74) is 0. The molecule has 0 aliphatic carbocycles. The van der Waals surface area contributed by atoms with Crippen LogP contribution in [0.5, 0.6) is 5.88 Å². The molecular formula is C13H12N2O2S. The molecule has 0 radical (unpaired) electrons. The highest BCUT2D eigenvalue weighted by molar-refractivity contribution is 7.12. The topological polar surface area (TPSA) is 42.4 Å². The molecule has 1 aliphatic heterocycles. The average molecular weight is 260 g/mol. The number of ether oxygens (including phenoxy) is 1. The Hall–Kier alpha value is -1.88. The van der Waals surface area contributed by atoms with Crippen LogP contribution in [0.3, 0.4) is 0 Å². The summed E-state index contributed by atoms with van der Waals surface area (Å²) in [6.45, 7) is 1.26. The number of pyridine rings is 1. The Bertz CT molecular complexity index is 521. The molecule has 92 valence electrons. The fourth-order valence-electron chi connectivity index (χ4n) is 1.82. The lowest BCUT2D eigenvalue weighted by atomic mass is 10.1.